The van der Waals surface area contributed by atoms with Crippen LogP contribution in [0.15, 0.2) is 42.7 Å². The first-order valence-corrected chi connectivity index (χ1v) is 6.72. The lowest BCUT2D eigenvalue weighted by molar-refractivity contribution is -0.136. The Labute approximate surface area is 118 Å². The molecule has 1 heterocycles. The maximum atomic E-state index is 10.8. The number of rotatable bonds is 8. The quantitative estimate of drug-likeness (QED) is 0.718. The Bertz CT molecular complexity index is 538. The van der Waals surface area contributed by atoms with Crippen molar-refractivity contribution in [2.45, 2.75) is 25.9 Å². The summed E-state index contributed by atoms with van der Waals surface area (Å²) in [6.07, 6.45) is 4.78. The van der Waals surface area contributed by atoms with Gasteiger partial charge in [0.25, 0.3) is 0 Å². The van der Waals surface area contributed by atoms with Gasteiger partial charge in [0.1, 0.15) is 0 Å². The molecule has 106 valence electrons. The van der Waals surface area contributed by atoms with E-state index in [4.69, 9.17) is 5.11 Å². The highest BCUT2D eigenvalue weighted by atomic mass is 16.4. The largest absolute Gasteiger partial charge is 0.481 e. The first-order valence-electron chi connectivity index (χ1n) is 6.72. The summed E-state index contributed by atoms with van der Waals surface area (Å²) in [6, 6.07) is 9.56. The molecule has 0 saturated carbocycles. The number of aromatic nitrogens is 2. The van der Waals surface area contributed by atoms with Gasteiger partial charge >= 0.3 is 5.97 Å². The van der Waals surface area contributed by atoms with Crippen molar-refractivity contribution in [2.75, 3.05) is 6.54 Å². The minimum Gasteiger partial charge on any atom is -0.481 e. The highest BCUT2D eigenvalue weighted by Gasteiger charge is 2.05. The third kappa shape index (κ3) is 4.51. The average Bonchev–Trinajstić information content (AvgIpc) is 2.93. The summed E-state index contributed by atoms with van der Waals surface area (Å²) in [5, 5.41) is 16.4. The summed E-state index contributed by atoms with van der Waals surface area (Å²) >= 11 is 0. The Morgan fingerprint density at radius 2 is 2.05 bits per heavy atom. The van der Waals surface area contributed by atoms with Gasteiger partial charge in [0.15, 0.2) is 0 Å². The van der Waals surface area contributed by atoms with Gasteiger partial charge in [0.05, 0.1) is 6.42 Å². The predicted molar refractivity (Wildman–Crippen MR) is 76.3 cm³/mol. The van der Waals surface area contributed by atoms with Crippen molar-refractivity contribution in [3.63, 3.8) is 0 Å². The van der Waals surface area contributed by atoms with Gasteiger partial charge in [-0.15, -0.1) is 0 Å². The zero-order valence-electron chi connectivity index (χ0n) is 11.3. The molecule has 0 fully saturated rings. The summed E-state index contributed by atoms with van der Waals surface area (Å²) < 4.78 is 1.90. The van der Waals surface area contributed by atoms with Crippen molar-refractivity contribution >= 4 is 5.97 Å². The molecule has 1 aromatic heterocycles. The molecular formula is C15H19N3O2. The zero-order valence-corrected chi connectivity index (χ0v) is 11.3. The minimum atomic E-state index is -0.795. The first-order chi connectivity index (χ1) is 9.75. The van der Waals surface area contributed by atoms with E-state index in [0.717, 1.165) is 30.6 Å². The molecule has 2 rings (SSSR count). The standard InChI is InChI=1S/C15H19N3O2/c19-15(20)11-13-5-1-2-6-14(13)12-16-7-3-9-18-10-4-8-17-18/h1-2,4-6,8,10,16H,3,7,9,11-12H2,(H,19,20). The van der Waals surface area contributed by atoms with Crippen LogP contribution in [0.3, 0.4) is 0 Å². The molecule has 0 amide bonds. The van der Waals surface area contributed by atoms with E-state index >= 15 is 0 Å². The Hall–Kier alpha value is -2.14. The molecule has 0 aliphatic rings. The molecule has 0 spiro atoms. The summed E-state index contributed by atoms with van der Waals surface area (Å²) in [7, 11) is 0. The van der Waals surface area contributed by atoms with Gasteiger partial charge in [-0.3, -0.25) is 9.48 Å². The molecule has 1 aromatic carbocycles. The lowest BCUT2D eigenvalue weighted by Gasteiger charge is -2.09. The van der Waals surface area contributed by atoms with Crippen LogP contribution in [0.2, 0.25) is 0 Å². The van der Waals surface area contributed by atoms with E-state index in [1.54, 1.807) is 6.20 Å². The molecule has 2 aromatic rings. The van der Waals surface area contributed by atoms with Crippen molar-refractivity contribution in [3.05, 3.63) is 53.9 Å². The van der Waals surface area contributed by atoms with Gasteiger partial charge in [-0.2, -0.15) is 5.10 Å². The Morgan fingerprint density at radius 3 is 2.75 bits per heavy atom. The molecule has 0 saturated heterocycles. The Kier molecular flexibility index (Phi) is 5.32. The maximum Gasteiger partial charge on any atom is 0.307 e. The predicted octanol–water partition coefficient (Wildman–Crippen LogP) is 1.69. The van der Waals surface area contributed by atoms with E-state index in [2.05, 4.69) is 10.4 Å². The topological polar surface area (TPSA) is 67.2 Å². The SMILES string of the molecule is O=C(O)Cc1ccccc1CNCCCn1cccn1. The first kappa shape index (κ1) is 14.3. The van der Waals surface area contributed by atoms with E-state index < -0.39 is 5.97 Å². The number of hydrogen-bond donors (Lipinski definition) is 2. The fourth-order valence-electron chi connectivity index (χ4n) is 2.09. The number of benzene rings is 1. The number of aliphatic carboxylic acids is 1. The van der Waals surface area contributed by atoms with Gasteiger partial charge in [-0.05, 0) is 30.2 Å². The second-order valence-electron chi connectivity index (χ2n) is 4.64. The number of carboxylic acids is 1. The van der Waals surface area contributed by atoms with Crippen LogP contribution in [0.25, 0.3) is 0 Å². The lowest BCUT2D eigenvalue weighted by Crippen LogP contribution is -2.18. The lowest BCUT2D eigenvalue weighted by atomic mass is 10.0. The van der Waals surface area contributed by atoms with Gasteiger partial charge in [0.2, 0.25) is 0 Å². The molecule has 5 nitrogen and oxygen atoms in total. The van der Waals surface area contributed by atoms with Crippen LogP contribution in [0.4, 0.5) is 0 Å². The average molecular weight is 273 g/mol. The molecule has 2 N–H and O–H groups in total. The molecule has 0 bridgehead atoms. The van der Waals surface area contributed by atoms with Crippen LogP contribution >= 0.6 is 0 Å². The molecule has 0 aliphatic carbocycles. The van der Waals surface area contributed by atoms with Gasteiger partial charge < -0.3 is 10.4 Å². The smallest absolute Gasteiger partial charge is 0.307 e. The second-order valence-corrected chi connectivity index (χ2v) is 4.64. The van der Waals surface area contributed by atoms with Crippen molar-refractivity contribution in [1.29, 1.82) is 0 Å². The zero-order chi connectivity index (χ0) is 14.2. The maximum absolute atomic E-state index is 10.8. The molecule has 0 atom stereocenters. The molecule has 0 unspecified atom stereocenters. The van der Waals surface area contributed by atoms with E-state index in [-0.39, 0.29) is 6.42 Å². The third-order valence-corrected chi connectivity index (χ3v) is 3.08. The fraction of sp³-hybridized carbons (Fsp3) is 0.333. The molecule has 0 aliphatic heterocycles. The normalized spacial score (nSPS) is 10.6. The van der Waals surface area contributed by atoms with Crippen LogP contribution in [0, 0.1) is 0 Å². The fourth-order valence-corrected chi connectivity index (χ4v) is 2.09. The second kappa shape index (κ2) is 7.45. The minimum absolute atomic E-state index is 0.0745. The van der Waals surface area contributed by atoms with Crippen LogP contribution < -0.4 is 5.32 Å². The number of aryl methyl sites for hydroxylation is 1. The van der Waals surface area contributed by atoms with Gasteiger partial charge in [-0.1, -0.05) is 24.3 Å². The number of nitrogens with zero attached hydrogens (tertiary/aromatic N) is 2. The molecule has 0 radical (unpaired) electrons. The van der Waals surface area contributed by atoms with Crippen molar-refractivity contribution < 1.29 is 9.90 Å². The summed E-state index contributed by atoms with van der Waals surface area (Å²) in [5.41, 5.74) is 1.92. The highest BCUT2D eigenvalue weighted by molar-refractivity contribution is 5.70. The summed E-state index contributed by atoms with van der Waals surface area (Å²) in [4.78, 5) is 10.8. The van der Waals surface area contributed by atoms with Crippen molar-refractivity contribution in [3.8, 4) is 0 Å². The Morgan fingerprint density at radius 1 is 1.25 bits per heavy atom. The van der Waals surface area contributed by atoms with Gasteiger partial charge in [-0.25, -0.2) is 0 Å². The monoisotopic (exact) mass is 273 g/mol. The van der Waals surface area contributed by atoms with Crippen LogP contribution in [0.5, 0.6) is 0 Å². The highest BCUT2D eigenvalue weighted by Crippen LogP contribution is 2.09. The number of carbonyl (C=O) groups is 1. The van der Waals surface area contributed by atoms with Gasteiger partial charge in [0, 0.05) is 25.5 Å². The van der Waals surface area contributed by atoms with Crippen LogP contribution in [0.1, 0.15) is 17.5 Å². The van der Waals surface area contributed by atoms with E-state index in [9.17, 15) is 4.79 Å². The number of hydrogen-bond acceptors (Lipinski definition) is 3. The molecular weight excluding hydrogens is 254 g/mol. The molecule has 5 heteroatoms. The van der Waals surface area contributed by atoms with Crippen molar-refractivity contribution in [1.82, 2.24) is 15.1 Å². The summed E-state index contributed by atoms with van der Waals surface area (Å²) in [5.74, 6) is -0.795. The van der Waals surface area contributed by atoms with E-state index in [0.29, 0.717) is 6.54 Å². The number of carboxylic acid groups (broad SMARTS) is 1. The van der Waals surface area contributed by atoms with Crippen molar-refractivity contribution in [2.24, 2.45) is 0 Å². The Balaban J connectivity index is 1.74. The molecule has 20 heavy (non-hydrogen) atoms. The van der Waals surface area contributed by atoms with Crippen LogP contribution in [-0.4, -0.2) is 27.4 Å². The van der Waals surface area contributed by atoms with E-state index in [1.807, 2.05) is 41.2 Å². The number of nitrogens with one attached hydrogen (secondary N) is 1. The summed E-state index contributed by atoms with van der Waals surface area (Å²) in [6.45, 7) is 2.46. The third-order valence-electron chi connectivity index (χ3n) is 3.08. The van der Waals surface area contributed by atoms with Crippen LogP contribution in [-0.2, 0) is 24.3 Å². The van der Waals surface area contributed by atoms with E-state index in [1.165, 1.54) is 0 Å².